The van der Waals surface area contributed by atoms with E-state index < -0.39 is 9.84 Å². The predicted molar refractivity (Wildman–Crippen MR) is 95.4 cm³/mol. The van der Waals surface area contributed by atoms with Gasteiger partial charge >= 0.3 is 0 Å². The van der Waals surface area contributed by atoms with Crippen LogP contribution in [0.15, 0.2) is 59.5 Å². The van der Waals surface area contributed by atoms with Gasteiger partial charge in [0.15, 0.2) is 16.4 Å². The summed E-state index contributed by atoms with van der Waals surface area (Å²) in [4.78, 5) is 12.2. The molecule has 0 radical (unpaired) electrons. The minimum Gasteiger partial charge on any atom is -0.484 e. The molecule has 1 saturated carbocycles. The molecule has 2 aromatic rings. The highest BCUT2D eigenvalue weighted by atomic mass is 32.2. The summed E-state index contributed by atoms with van der Waals surface area (Å²) in [5, 5.41) is 2.93. The lowest BCUT2D eigenvalue weighted by Gasteiger charge is -2.16. The molecule has 0 atom stereocenters. The lowest BCUT2D eigenvalue weighted by Crippen LogP contribution is -2.35. The van der Waals surface area contributed by atoms with Crippen molar-refractivity contribution in [3.63, 3.8) is 0 Å². The maximum atomic E-state index is 12.0. The number of ether oxygens (including phenoxy) is 1. The fourth-order valence-electron chi connectivity index (χ4n) is 2.76. The molecule has 0 spiro atoms. The molecule has 0 bridgehead atoms. The third kappa shape index (κ3) is 4.39. The third-order valence-electron chi connectivity index (χ3n) is 4.49. The first kappa shape index (κ1) is 17.5. The van der Waals surface area contributed by atoms with Crippen LogP contribution in [0.3, 0.4) is 0 Å². The van der Waals surface area contributed by atoms with Gasteiger partial charge in [0.05, 0.1) is 4.90 Å². The Bertz CT molecular complexity index is 841. The van der Waals surface area contributed by atoms with E-state index in [9.17, 15) is 13.2 Å². The van der Waals surface area contributed by atoms with Gasteiger partial charge in [-0.15, -0.1) is 0 Å². The van der Waals surface area contributed by atoms with E-state index in [0.29, 0.717) is 12.3 Å². The van der Waals surface area contributed by atoms with Crippen LogP contribution in [-0.2, 0) is 20.0 Å². The van der Waals surface area contributed by atoms with Crippen LogP contribution in [0, 0.1) is 0 Å². The first-order valence-electron chi connectivity index (χ1n) is 8.14. The largest absolute Gasteiger partial charge is 0.484 e. The number of hydrogen-bond donors (Lipinski definition) is 1. The monoisotopic (exact) mass is 359 g/mol. The minimum atomic E-state index is -3.23. The van der Waals surface area contributed by atoms with Gasteiger partial charge in [0.2, 0.25) is 0 Å². The number of carbonyl (C=O) groups is 1. The highest BCUT2D eigenvalue weighted by molar-refractivity contribution is 7.90. The van der Waals surface area contributed by atoms with E-state index in [1.807, 2.05) is 18.2 Å². The summed E-state index contributed by atoms with van der Waals surface area (Å²) in [7, 11) is -3.23. The Morgan fingerprint density at radius 1 is 1.08 bits per heavy atom. The maximum Gasteiger partial charge on any atom is 0.257 e. The van der Waals surface area contributed by atoms with Crippen molar-refractivity contribution in [2.45, 2.75) is 23.2 Å². The number of nitrogens with one attached hydrogen (secondary N) is 1. The zero-order valence-electron chi connectivity index (χ0n) is 14.1. The second-order valence-corrected chi connectivity index (χ2v) is 8.47. The number of amides is 1. The molecule has 1 fully saturated rings. The van der Waals surface area contributed by atoms with Crippen LogP contribution in [0.25, 0.3) is 0 Å². The lowest BCUT2D eigenvalue weighted by atomic mass is 9.96. The van der Waals surface area contributed by atoms with Gasteiger partial charge in [0, 0.05) is 18.2 Å². The Labute approximate surface area is 147 Å². The van der Waals surface area contributed by atoms with E-state index >= 15 is 0 Å². The SMILES string of the molecule is CS(=O)(=O)c1ccc(OCC(=O)NCC2(c3ccccc3)CC2)cc1. The van der Waals surface area contributed by atoms with E-state index in [4.69, 9.17) is 4.74 Å². The predicted octanol–water partition coefficient (Wildman–Crippen LogP) is 2.32. The van der Waals surface area contributed by atoms with Crippen LogP contribution < -0.4 is 10.1 Å². The van der Waals surface area contributed by atoms with Crippen LogP contribution in [-0.4, -0.2) is 33.7 Å². The molecule has 0 aliphatic heterocycles. The zero-order chi connectivity index (χ0) is 17.9. The van der Waals surface area contributed by atoms with Crippen molar-refractivity contribution in [1.82, 2.24) is 5.32 Å². The Hall–Kier alpha value is -2.34. The third-order valence-corrected chi connectivity index (χ3v) is 5.61. The second-order valence-electron chi connectivity index (χ2n) is 6.46. The zero-order valence-corrected chi connectivity index (χ0v) is 14.9. The van der Waals surface area contributed by atoms with Crippen LogP contribution in [0.4, 0.5) is 0 Å². The molecule has 0 aromatic heterocycles. The Morgan fingerprint density at radius 2 is 1.72 bits per heavy atom. The minimum absolute atomic E-state index is 0.0635. The molecule has 1 aliphatic carbocycles. The van der Waals surface area contributed by atoms with Crippen LogP contribution in [0.2, 0.25) is 0 Å². The molecular formula is C19H21NO4S. The van der Waals surface area contributed by atoms with Crippen molar-refractivity contribution < 1.29 is 17.9 Å². The summed E-state index contributed by atoms with van der Waals surface area (Å²) in [6, 6.07) is 16.3. The van der Waals surface area contributed by atoms with E-state index in [-0.39, 0.29) is 22.8 Å². The number of benzene rings is 2. The van der Waals surface area contributed by atoms with Crippen LogP contribution in [0.5, 0.6) is 5.75 Å². The van der Waals surface area contributed by atoms with Gasteiger partial charge in [-0.1, -0.05) is 30.3 Å². The molecule has 25 heavy (non-hydrogen) atoms. The number of rotatable bonds is 7. The fraction of sp³-hybridized carbons (Fsp3) is 0.316. The quantitative estimate of drug-likeness (QED) is 0.823. The van der Waals surface area contributed by atoms with Gasteiger partial charge < -0.3 is 10.1 Å². The summed E-state index contributed by atoms with van der Waals surface area (Å²) >= 11 is 0. The number of carbonyl (C=O) groups excluding carboxylic acids is 1. The summed E-state index contributed by atoms with van der Waals surface area (Å²) < 4.78 is 28.2. The van der Waals surface area contributed by atoms with Crippen molar-refractivity contribution >= 4 is 15.7 Å². The van der Waals surface area contributed by atoms with Crippen molar-refractivity contribution in [3.8, 4) is 5.75 Å². The molecule has 1 N–H and O–H groups in total. The van der Waals surface area contributed by atoms with Crippen molar-refractivity contribution in [3.05, 3.63) is 60.2 Å². The number of hydrogen-bond acceptors (Lipinski definition) is 4. The van der Waals surface area contributed by atoms with Gasteiger partial charge in [-0.05, 0) is 42.7 Å². The van der Waals surface area contributed by atoms with Crippen molar-refractivity contribution in [2.75, 3.05) is 19.4 Å². The summed E-state index contributed by atoms with van der Waals surface area (Å²) in [6.07, 6.45) is 3.30. The molecule has 3 rings (SSSR count). The second kappa shape index (κ2) is 6.88. The van der Waals surface area contributed by atoms with E-state index in [2.05, 4.69) is 17.4 Å². The fourth-order valence-corrected chi connectivity index (χ4v) is 3.39. The molecule has 5 nitrogen and oxygen atoms in total. The highest BCUT2D eigenvalue weighted by Gasteiger charge is 2.44. The average Bonchev–Trinajstić information content (AvgIpc) is 3.40. The van der Waals surface area contributed by atoms with Crippen molar-refractivity contribution in [2.24, 2.45) is 0 Å². The average molecular weight is 359 g/mol. The molecule has 0 unspecified atom stereocenters. The molecule has 1 aliphatic rings. The Kier molecular flexibility index (Phi) is 4.81. The topological polar surface area (TPSA) is 72.5 Å². The lowest BCUT2D eigenvalue weighted by molar-refractivity contribution is -0.123. The molecule has 0 heterocycles. The van der Waals surface area contributed by atoms with E-state index in [1.54, 1.807) is 12.1 Å². The van der Waals surface area contributed by atoms with Gasteiger partial charge in [-0.3, -0.25) is 4.79 Å². The van der Waals surface area contributed by atoms with Crippen LogP contribution in [0.1, 0.15) is 18.4 Å². The summed E-state index contributed by atoms with van der Waals surface area (Å²) in [5.74, 6) is 0.279. The standard InChI is InChI=1S/C19H21NO4S/c1-25(22,23)17-9-7-16(8-10-17)24-13-18(21)20-14-19(11-12-19)15-5-3-2-4-6-15/h2-10H,11-14H2,1H3,(H,20,21). The molecule has 132 valence electrons. The molecule has 0 saturated heterocycles. The smallest absolute Gasteiger partial charge is 0.257 e. The first-order valence-corrected chi connectivity index (χ1v) is 10.0. The van der Waals surface area contributed by atoms with E-state index in [1.165, 1.54) is 17.7 Å². The Morgan fingerprint density at radius 3 is 2.28 bits per heavy atom. The van der Waals surface area contributed by atoms with Gasteiger partial charge in [-0.25, -0.2) is 8.42 Å². The van der Waals surface area contributed by atoms with Gasteiger partial charge in [0.1, 0.15) is 5.75 Å². The molecule has 6 heteroatoms. The van der Waals surface area contributed by atoms with Crippen molar-refractivity contribution in [1.29, 1.82) is 0 Å². The normalized spacial score (nSPS) is 15.4. The summed E-state index contributed by atoms with van der Waals surface area (Å²) in [5.41, 5.74) is 1.32. The van der Waals surface area contributed by atoms with Gasteiger partial charge in [0.25, 0.3) is 5.91 Å². The van der Waals surface area contributed by atoms with E-state index in [0.717, 1.165) is 19.1 Å². The first-order chi connectivity index (χ1) is 11.9. The molecular weight excluding hydrogens is 338 g/mol. The van der Waals surface area contributed by atoms with Gasteiger partial charge in [-0.2, -0.15) is 0 Å². The summed E-state index contributed by atoms with van der Waals surface area (Å²) in [6.45, 7) is 0.509. The number of sulfone groups is 1. The molecule has 1 amide bonds. The Balaban J connectivity index is 1.49. The molecule has 2 aromatic carbocycles. The maximum absolute atomic E-state index is 12.0. The highest BCUT2D eigenvalue weighted by Crippen LogP contribution is 2.47. The van der Waals surface area contributed by atoms with Crippen LogP contribution >= 0.6 is 0 Å².